The third-order valence-electron chi connectivity index (χ3n) is 3.63. The van der Waals surface area contributed by atoms with Crippen LogP contribution in [-0.4, -0.2) is 23.3 Å². The molecule has 2 nitrogen and oxygen atoms in total. The number of hydrogen-bond acceptors (Lipinski definition) is 2. The number of hydrogen-bond donors (Lipinski definition) is 2. The molecule has 0 radical (unpaired) electrons. The van der Waals surface area contributed by atoms with Gasteiger partial charge in [0.05, 0.1) is 5.60 Å². The highest BCUT2D eigenvalue weighted by molar-refractivity contribution is 4.90. The Morgan fingerprint density at radius 2 is 1.92 bits per heavy atom. The smallest absolute Gasteiger partial charge is 0.0771 e. The van der Waals surface area contributed by atoms with Crippen LogP contribution < -0.4 is 5.32 Å². The second-order valence-electron chi connectivity index (χ2n) is 5.09. The van der Waals surface area contributed by atoms with Gasteiger partial charge in [-0.1, -0.05) is 19.8 Å². The monoisotopic (exact) mass is 183 g/mol. The standard InChI is InChI=1S/C11H21NO/c1-9-6-10(7-9)12-8-11(13)4-2-3-5-11/h9-10,12-13H,2-8H2,1H3. The summed E-state index contributed by atoms with van der Waals surface area (Å²) in [5.41, 5.74) is -0.362. The van der Waals surface area contributed by atoms with Crippen LogP contribution in [0.5, 0.6) is 0 Å². The van der Waals surface area contributed by atoms with Crippen molar-refractivity contribution in [1.29, 1.82) is 0 Å². The maximum atomic E-state index is 10.1. The first kappa shape index (κ1) is 9.47. The largest absolute Gasteiger partial charge is 0.389 e. The zero-order valence-electron chi connectivity index (χ0n) is 8.55. The zero-order chi connectivity index (χ0) is 9.31. The van der Waals surface area contributed by atoms with E-state index in [1.165, 1.54) is 25.7 Å². The fourth-order valence-electron chi connectivity index (χ4n) is 2.61. The molecule has 0 aromatic carbocycles. The van der Waals surface area contributed by atoms with Crippen LogP contribution in [0.2, 0.25) is 0 Å². The first-order valence-electron chi connectivity index (χ1n) is 5.64. The van der Waals surface area contributed by atoms with Crippen molar-refractivity contribution in [3.05, 3.63) is 0 Å². The summed E-state index contributed by atoms with van der Waals surface area (Å²) in [7, 11) is 0. The van der Waals surface area contributed by atoms with Crippen molar-refractivity contribution in [2.75, 3.05) is 6.54 Å². The molecule has 2 aliphatic carbocycles. The van der Waals surface area contributed by atoms with Crippen LogP contribution in [0.15, 0.2) is 0 Å². The molecule has 0 saturated heterocycles. The summed E-state index contributed by atoms with van der Waals surface area (Å²) in [5, 5.41) is 13.5. The highest BCUT2D eigenvalue weighted by Gasteiger charge is 2.33. The average molecular weight is 183 g/mol. The third-order valence-corrected chi connectivity index (χ3v) is 3.63. The van der Waals surface area contributed by atoms with Gasteiger partial charge >= 0.3 is 0 Å². The molecule has 2 rings (SSSR count). The van der Waals surface area contributed by atoms with Crippen molar-refractivity contribution in [3.8, 4) is 0 Å². The molecular formula is C11H21NO. The van der Waals surface area contributed by atoms with Gasteiger partial charge in [0.1, 0.15) is 0 Å². The summed E-state index contributed by atoms with van der Waals surface area (Å²) in [6, 6.07) is 0.694. The summed E-state index contributed by atoms with van der Waals surface area (Å²) < 4.78 is 0. The number of nitrogens with one attached hydrogen (secondary N) is 1. The molecule has 2 saturated carbocycles. The van der Waals surface area contributed by atoms with Gasteiger partial charge in [0.25, 0.3) is 0 Å². The molecule has 2 N–H and O–H groups in total. The zero-order valence-corrected chi connectivity index (χ0v) is 8.55. The van der Waals surface area contributed by atoms with E-state index in [1.807, 2.05) is 0 Å². The van der Waals surface area contributed by atoms with E-state index in [0.29, 0.717) is 6.04 Å². The Morgan fingerprint density at radius 3 is 2.46 bits per heavy atom. The topological polar surface area (TPSA) is 32.3 Å². The SMILES string of the molecule is CC1CC(NCC2(O)CCCC2)C1. The van der Waals surface area contributed by atoms with Gasteiger partial charge in [-0.05, 0) is 31.6 Å². The quantitative estimate of drug-likeness (QED) is 0.697. The van der Waals surface area contributed by atoms with Crippen LogP contribution in [0.3, 0.4) is 0 Å². The highest BCUT2D eigenvalue weighted by atomic mass is 16.3. The third kappa shape index (κ3) is 2.23. The van der Waals surface area contributed by atoms with Gasteiger partial charge in [-0.3, -0.25) is 0 Å². The van der Waals surface area contributed by atoms with Crippen LogP contribution >= 0.6 is 0 Å². The normalized spacial score (nSPS) is 37.4. The molecule has 13 heavy (non-hydrogen) atoms. The molecule has 0 atom stereocenters. The molecule has 0 bridgehead atoms. The Balaban J connectivity index is 1.67. The van der Waals surface area contributed by atoms with Crippen molar-refractivity contribution < 1.29 is 5.11 Å². The Hall–Kier alpha value is -0.0800. The first-order valence-corrected chi connectivity index (χ1v) is 5.64. The van der Waals surface area contributed by atoms with E-state index in [9.17, 15) is 5.11 Å². The summed E-state index contributed by atoms with van der Waals surface area (Å²) in [5.74, 6) is 0.899. The van der Waals surface area contributed by atoms with Crippen molar-refractivity contribution in [2.24, 2.45) is 5.92 Å². The van der Waals surface area contributed by atoms with Crippen LogP contribution in [0.4, 0.5) is 0 Å². The first-order chi connectivity index (χ1) is 6.18. The summed E-state index contributed by atoms with van der Waals surface area (Å²) in [4.78, 5) is 0. The van der Waals surface area contributed by atoms with Gasteiger partial charge in [-0.25, -0.2) is 0 Å². The van der Waals surface area contributed by atoms with E-state index < -0.39 is 0 Å². The van der Waals surface area contributed by atoms with Crippen LogP contribution in [0, 0.1) is 5.92 Å². The lowest BCUT2D eigenvalue weighted by Crippen LogP contribution is -2.47. The lowest BCUT2D eigenvalue weighted by Gasteiger charge is -2.36. The van der Waals surface area contributed by atoms with Crippen LogP contribution in [0.1, 0.15) is 45.4 Å². The van der Waals surface area contributed by atoms with E-state index in [4.69, 9.17) is 0 Å². The fraction of sp³-hybridized carbons (Fsp3) is 1.00. The fourth-order valence-corrected chi connectivity index (χ4v) is 2.61. The molecule has 2 aliphatic rings. The summed E-state index contributed by atoms with van der Waals surface area (Å²) in [6.45, 7) is 3.12. The maximum absolute atomic E-state index is 10.1. The van der Waals surface area contributed by atoms with Crippen molar-refractivity contribution in [3.63, 3.8) is 0 Å². The van der Waals surface area contributed by atoms with Gasteiger partial charge in [0.2, 0.25) is 0 Å². The van der Waals surface area contributed by atoms with Crippen LogP contribution in [0.25, 0.3) is 0 Å². The van der Waals surface area contributed by atoms with E-state index in [1.54, 1.807) is 0 Å². The predicted octanol–water partition coefficient (Wildman–Crippen LogP) is 1.68. The molecule has 2 heteroatoms. The molecule has 2 fully saturated rings. The average Bonchev–Trinajstić information content (AvgIpc) is 2.45. The molecule has 0 aromatic heterocycles. The minimum Gasteiger partial charge on any atom is -0.389 e. The number of aliphatic hydroxyl groups is 1. The maximum Gasteiger partial charge on any atom is 0.0771 e. The van der Waals surface area contributed by atoms with E-state index in [2.05, 4.69) is 12.2 Å². The molecule has 0 aromatic rings. The second-order valence-corrected chi connectivity index (χ2v) is 5.09. The lowest BCUT2D eigenvalue weighted by molar-refractivity contribution is 0.0388. The molecule has 0 spiro atoms. The van der Waals surface area contributed by atoms with E-state index >= 15 is 0 Å². The Bertz CT molecular complexity index is 169. The predicted molar refractivity (Wildman–Crippen MR) is 53.6 cm³/mol. The van der Waals surface area contributed by atoms with Gasteiger partial charge in [-0.15, -0.1) is 0 Å². The van der Waals surface area contributed by atoms with Crippen molar-refractivity contribution in [2.45, 2.75) is 57.1 Å². The Kier molecular flexibility index (Phi) is 2.61. The van der Waals surface area contributed by atoms with E-state index in [0.717, 1.165) is 25.3 Å². The molecule has 76 valence electrons. The van der Waals surface area contributed by atoms with Gasteiger partial charge in [0, 0.05) is 12.6 Å². The highest BCUT2D eigenvalue weighted by Crippen LogP contribution is 2.31. The van der Waals surface area contributed by atoms with Gasteiger partial charge < -0.3 is 10.4 Å². The molecular weight excluding hydrogens is 162 g/mol. The minimum atomic E-state index is -0.362. The van der Waals surface area contributed by atoms with Crippen molar-refractivity contribution in [1.82, 2.24) is 5.32 Å². The lowest BCUT2D eigenvalue weighted by atomic mass is 9.81. The molecule has 0 unspecified atom stereocenters. The van der Waals surface area contributed by atoms with Crippen LogP contribution in [-0.2, 0) is 0 Å². The summed E-state index contributed by atoms with van der Waals surface area (Å²) >= 11 is 0. The Labute approximate surface area is 80.7 Å². The van der Waals surface area contributed by atoms with E-state index in [-0.39, 0.29) is 5.60 Å². The second kappa shape index (κ2) is 3.58. The molecule has 0 heterocycles. The van der Waals surface area contributed by atoms with Crippen molar-refractivity contribution >= 4 is 0 Å². The molecule has 0 aliphatic heterocycles. The van der Waals surface area contributed by atoms with Gasteiger partial charge in [0.15, 0.2) is 0 Å². The summed E-state index contributed by atoms with van der Waals surface area (Å²) in [6.07, 6.45) is 7.02. The Morgan fingerprint density at radius 1 is 1.31 bits per heavy atom. The molecule has 0 amide bonds. The minimum absolute atomic E-state index is 0.362. The number of rotatable bonds is 3. The van der Waals surface area contributed by atoms with Gasteiger partial charge in [-0.2, -0.15) is 0 Å².